The second-order valence-electron chi connectivity index (χ2n) is 4.42. The fourth-order valence-electron chi connectivity index (χ4n) is 1.93. The maximum atomic E-state index is 12.1. The summed E-state index contributed by atoms with van der Waals surface area (Å²) in [6.07, 6.45) is 3.43. The molecule has 19 heavy (non-hydrogen) atoms. The molecule has 1 heterocycles. The van der Waals surface area contributed by atoms with Crippen LogP contribution in [0.2, 0.25) is 0 Å². The third-order valence-corrected chi connectivity index (χ3v) is 3.57. The molecule has 0 unspecified atom stereocenters. The van der Waals surface area contributed by atoms with Gasteiger partial charge in [0.1, 0.15) is 0 Å². The van der Waals surface area contributed by atoms with Crippen LogP contribution in [0.15, 0.2) is 34.8 Å². The monoisotopic (exact) mass is 318 g/mol. The van der Waals surface area contributed by atoms with Crippen LogP contribution in [-0.4, -0.2) is 15.6 Å². The van der Waals surface area contributed by atoms with Crippen molar-refractivity contribution in [2.45, 2.75) is 13.8 Å². The lowest BCUT2D eigenvalue weighted by Gasteiger charge is -1.97. The summed E-state index contributed by atoms with van der Waals surface area (Å²) in [5, 5.41) is 4.32. The summed E-state index contributed by atoms with van der Waals surface area (Å²) in [6.45, 7) is 3.93. The van der Waals surface area contributed by atoms with E-state index >= 15 is 0 Å². The standard InChI is InChI=1S/C15H15BrN2O/c1-10-14(11(2)18(3)17-10)7-8-15(19)12-5-4-6-13(16)9-12/h4-9H,1-3H3/b8-7+. The fourth-order valence-corrected chi connectivity index (χ4v) is 2.33. The molecule has 2 rings (SSSR count). The number of aromatic nitrogens is 2. The Morgan fingerprint density at radius 2 is 2.11 bits per heavy atom. The van der Waals surface area contributed by atoms with Gasteiger partial charge in [0.15, 0.2) is 5.78 Å². The zero-order valence-electron chi connectivity index (χ0n) is 11.1. The molecule has 0 saturated heterocycles. The lowest BCUT2D eigenvalue weighted by molar-refractivity contribution is 0.104. The molecule has 2 aromatic rings. The number of halogens is 1. The van der Waals surface area contributed by atoms with Crippen LogP contribution in [-0.2, 0) is 7.05 Å². The second kappa shape index (κ2) is 5.53. The van der Waals surface area contributed by atoms with Crippen molar-refractivity contribution >= 4 is 27.8 Å². The van der Waals surface area contributed by atoms with E-state index in [0.717, 1.165) is 21.4 Å². The normalized spacial score (nSPS) is 11.2. The van der Waals surface area contributed by atoms with Crippen LogP contribution < -0.4 is 0 Å². The number of rotatable bonds is 3. The Balaban J connectivity index is 2.26. The molecule has 0 aliphatic heterocycles. The number of carbonyl (C=O) groups is 1. The number of nitrogens with zero attached hydrogens (tertiary/aromatic N) is 2. The van der Waals surface area contributed by atoms with E-state index in [1.54, 1.807) is 12.1 Å². The van der Waals surface area contributed by atoms with Gasteiger partial charge in [-0.3, -0.25) is 9.48 Å². The predicted octanol–water partition coefficient (Wildman–Crippen LogP) is 3.70. The molecule has 98 valence electrons. The van der Waals surface area contributed by atoms with E-state index in [9.17, 15) is 4.79 Å². The number of ketones is 1. The second-order valence-corrected chi connectivity index (χ2v) is 5.33. The van der Waals surface area contributed by atoms with Gasteiger partial charge in [-0.05, 0) is 38.1 Å². The predicted molar refractivity (Wildman–Crippen MR) is 80.2 cm³/mol. The summed E-state index contributed by atoms with van der Waals surface area (Å²) < 4.78 is 2.72. The van der Waals surface area contributed by atoms with Crippen molar-refractivity contribution < 1.29 is 4.79 Å². The van der Waals surface area contributed by atoms with Crippen molar-refractivity contribution in [3.8, 4) is 0 Å². The van der Waals surface area contributed by atoms with Gasteiger partial charge in [-0.25, -0.2) is 0 Å². The molecule has 0 aliphatic rings. The van der Waals surface area contributed by atoms with Gasteiger partial charge < -0.3 is 0 Å². The smallest absolute Gasteiger partial charge is 0.185 e. The third-order valence-electron chi connectivity index (χ3n) is 3.08. The molecule has 4 heteroatoms. The van der Waals surface area contributed by atoms with Crippen LogP contribution in [0.3, 0.4) is 0 Å². The van der Waals surface area contributed by atoms with Gasteiger partial charge in [0.2, 0.25) is 0 Å². The first kappa shape index (κ1) is 13.7. The van der Waals surface area contributed by atoms with Gasteiger partial charge in [0.25, 0.3) is 0 Å². The minimum Gasteiger partial charge on any atom is -0.289 e. The fraction of sp³-hybridized carbons (Fsp3) is 0.200. The third kappa shape index (κ3) is 3.01. The molecule has 0 atom stereocenters. The first-order valence-electron chi connectivity index (χ1n) is 5.97. The molecule has 0 radical (unpaired) electrons. The van der Waals surface area contributed by atoms with Crippen molar-refractivity contribution in [3.63, 3.8) is 0 Å². The average Bonchev–Trinajstić information content (AvgIpc) is 2.61. The van der Waals surface area contributed by atoms with Crippen LogP contribution in [0.4, 0.5) is 0 Å². The Morgan fingerprint density at radius 3 is 2.68 bits per heavy atom. The highest BCUT2D eigenvalue weighted by molar-refractivity contribution is 9.10. The van der Waals surface area contributed by atoms with Crippen molar-refractivity contribution in [2.75, 3.05) is 0 Å². The first-order valence-corrected chi connectivity index (χ1v) is 6.76. The quantitative estimate of drug-likeness (QED) is 0.639. The van der Waals surface area contributed by atoms with Gasteiger partial charge in [0, 0.05) is 28.3 Å². The van der Waals surface area contributed by atoms with E-state index in [-0.39, 0.29) is 5.78 Å². The summed E-state index contributed by atoms with van der Waals surface area (Å²) in [4.78, 5) is 12.1. The maximum Gasteiger partial charge on any atom is 0.185 e. The zero-order valence-corrected chi connectivity index (χ0v) is 12.7. The number of carbonyl (C=O) groups excluding carboxylic acids is 1. The van der Waals surface area contributed by atoms with Crippen LogP contribution in [0, 0.1) is 13.8 Å². The Bertz CT molecular complexity index is 656. The lowest BCUT2D eigenvalue weighted by atomic mass is 10.1. The average molecular weight is 319 g/mol. The van der Waals surface area contributed by atoms with Crippen molar-refractivity contribution in [2.24, 2.45) is 7.05 Å². The molecular weight excluding hydrogens is 304 g/mol. The van der Waals surface area contributed by atoms with E-state index in [0.29, 0.717) is 5.56 Å². The summed E-state index contributed by atoms with van der Waals surface area (Å²) in [7, 11) is 1.90. The molecule has 0 N–H and O–H groups in total. The van der Waals surface area contributed by atoms with E-state index in [2.05, 4.69) is 21.0 Å². The first-order chi connectivity index (χ1) is 8.99. The van der Waals surface area contributed by atoms with Crippen LogP contribution in [0.1, 0.15) is 27.3 Å². The van der Waals surface area contributed by atoms with Gasteiger partial charge in [-0.1, -0.05) is 28.1 Å². The highest BCUT2D eigenvalue weighted by atomic mass is 79.9. The zero-order chi connectivity index (χ0) is 14.0. The number of aryl methyl sites for hydroxylation is 2. The van der Waals surface area contributed by atoms with Crippen LogP contribution >= 0.6 is 15.9 Å². The SMILES string of the molecule is Cc1nn(C)c(C)c1/C=C/C(=O)c1cccc(Br)c1. The van der Waals surface area contributed by atoms with Crippen molar-refractivity contribution in [3.05, 3.63) is 57.3 Å². The largest absolute Gasteiger partial charge is 0.289 e. The summed E-state index contributed by atoms with van der Waals surface area (Å²) in [6, 6.07) is 7.37. The molecule has 3 nitrogen and oxygen atoms in total. The number of benzene rings is 1. The highest BCUT2D eigenvalue weighted by Crippen LogP contribution is 2.16. The maximum absolute atomic E-state index is 12.1. The molecule has 0 aliphatic carbocycles. The minimum absolute atomic E-state index is 0.0102. The van der Waals surface area contributed by atoms with Gasteiger partial charge >= 0.3 is 0 Å². The van der Waals surface area contributed by atoms with Crippen LogP contribution in [0.5, 0.6) is 0 Å². The number of hydrogen-bond donors (Lipinski definition) is 0. The Labute approximate surface area is 121 Å². The van der Waals surface area contributed by atoms with Gasteiger partial charge in [-0.2, -0.15) is 5.10 Å². The summed E-state index contributed by atoms with van der Waals surface area (Å²) >= 11 is 3.36. The minimum atomic E-state index is -0.0102. The van der Waals surface area contributed by atoms with E-state index in [1.807, 2.05) is 49.9 Å². The van der Waals surface area contributed by atoms with E-state index < -0.39 is 0 Å². The molecule has 0 spiro atoms. The molecule has 0 fully saturated rings. The van der Waals surface area contributed by atoms with E-state index in [4.69, 9.17) is 0 Å². The lowest BCUT2D eigenvalue weighted by Crippen LogP contribution is -1.94. The molecule has 0 saturated carbocycles. The molecule has 1 aromatic carbocycles. The Morgan fingerprint density at radius 1 is 1.37 bits per heavy atom. The van der Waals surface area contributed by atoms with Crippen molar-refractivity contribution in [1.82, 2.24) is 9.78 Å². The summed E-state index contributed by atoms with van der Waals surface area (Å²) in [5.41, 5.74) is 3.66. The topological polar surface area (TPSA) is 34.9 Å². The Hall–Kier alpha value is -1.68. The number of allylic oxidation sites excluding steroid dienone is 1. The molecular formula is C15H15BrN2O. The van der Waals surface area contributed by atoms with Crippen molar-refractivity contribution in [1.29, 1.82) is 0 Å². The number of hydrogen-bond acceptors (Lipinski definition) is 2. The molecule has 0 amide bonds. The molecule has 0 bridgehead atoms. The summed E-state index contributed by atoms with van der Waals surface area (Å²) in [5.74, 6) is -0.0102. The van der Waals surface area contributed by atoms with Gasteiger partial charge in [0.05, 0.1) is 5.69 Å². The van der Waals surface area contributed by atoms with Gasteiger partial charge in [-0.15, -0.1) is 0 Å². The Kier molecular flexibility index (Phi) is 4.00. The molecule has 1 aromatic heterocycles. The highest BCUT2D eigenvalue weighted by Gasteiger charge is 2.07. The van der Waals surface area contributed by atoms with Crippen LogP contribution in [0.25, 0.3) is 6.08 Å². The van der Waals surface area contributed by atoms with E-state index in [1.165, 1.54) is 0 Å².